The second-order valence-electron chi connectivity index (χ2n) is 9.21. The number of aromatic amines is 1. The van der Waals surface area contributed by atoms with Crippen molar-refractivity contribution in [2.75, 3.05) is 0 Å². The van der Waals surface area contributed by atoms with Crippen molar-refractivity contribution in [2.24, 2.45) is 0 Å². The fourth-order valence-corrected chi connectivity index (χ4v) is 6.29. The van der Waals surface area contributed by atoms with Crippen molar-refractivity contribution in [2.45, 2.75) is 42.8 Å². The lowest BCUT2D eigenvalue weighted by Gasteiger charge is -2.18. The topological polar surface area (TPSA) is 99.3 Å². The molecule has 0 saturated carbocycles. The number of carboxylic acids is 1. The highest BCUT2D eigenvalue weighted by molar-refractivity contribution is 7.89. The molecule has 1 aromatic heterocycles. The Balaban J connectivity index is 1.40. The first-order valence-corrected chi connectivity index (χ1v) is 13.1. The first-order chi connectivity index (χ1) is 17.5. The summed E-state index contributed by atoms with van der Waals surface area (Å²) in [4.78, 5) is 13.0. The highest BCUT2D eigenvalue weighted by atomic mass is 32.2. The smallest absolute Gasteiger partial charge is 0.417 e. The summed E-state index contributed by atoms with van der Waals surface area (Å²) in [5.74, 6) is -0.914. The first kappa shape index (κ1) is 25.0. The van der Waals surface area contributed by atoms with Crippen molar-refractivity contribution in [1.82, 2.24) is 9.71 Å². The highest BCUT2D eigenvalue weighted by Crippen LogP contribution is 2.38. The highest BCUT2D eigenvalue weighted by Gasteiger charge is 2.38. The summed E-state index contributed by atoms with van der Waals surface area (Å²) in [5.41, 5.74) is 2.99. The Bertz CT molecular complexity index is 1610. The van der Waals surface area contributed by atoms with Crippen LogP contribution in [0.1, 0.15) is 28.7 Å². The molecular weight excluding hydrogens is 505 g/mol. The number of fused-ring (bicyclic) bond motifs is 2. The van der Waals surface area contributed by atoms with Crippen LogP contribution in [0.2, 0.25) is 0 Å². The SMILES string of the molecule is O=C(O)CCc1ccc2c(c1)CC(NS(=O)(=O)c1ccc(-c3ccc4[nH]ccc4c3)cc1C(F)(F)F)C2. The zero-order valence-electron chi connectivity index (χ0n) is 19.5. The predicted molar refractivity (Wildman–Crippen MR) is 133 cm³/mol. The van der Waals surface area contributed by atoms with Gasteiger partial charge in [0.25, 0.3) is 0 Å². The maximum Gasteiger partial charge on any atom is 0.417 e. The van der Waals surface area contributed by atoms with Gasteiger partial charge in [0.1, 0.15) is 0 Å². The van der Waals surface area contributed by atoms with Crippen LogP contribution in [0.4, 0.5) is 13.2 Å². The molecule has 1 heterocycles. The number of H-pyrrole nitrogens is 1. The van der Waals surface area contributed by atoms with E-state index < -0.39 is 38.7 Å². The van der Waals surface area contributed by atoms with Gasteiger partial charge in [-0.2, -0.15) is 13.2 Å². The number of aromatic nitrogens is 1. The van der Waals surface area contributed by atoms with Gasteiger partial charge in [-0.25, -0.2) is 13.1 Å². The van der Waals surface area contributed by atoms with E-state index >= 15 is 0 Å². The van der Waals surface area contributed by atoms with E-state index in [1.54, 1.807) is 36.5 Å². The van der Waals surface area contributed by atoms with Crippen molar-refractivity contribution >= 4 is 26.9 Å². The summed E-state index contributed by atoms with van der Waals surface area (Å²) in [6.07, 6.45) is -2.18. The van der Waals surface area contributed by atoms with Crippen molar-refractivity contribution in [3.05, 3.63) is 89.1 Å². The van der Waals surface area contributed by atoms with Crippen LogP contribution in [0.5, 0.6) is 0 Å². The summed E-state index contributed by atoms with van der Waals surface area (Å²) in [5, 5.41) is 9.71. The third-order valence-corrected chi connectivity index (χ3v) is 8.19. The van der Waals surface area contributed by atoms with Crippen LogP contribution in [0.3, 0.4) is 0 Å². The molecule has 37 heavy (non-hydrogen) atoms. The molecule has 0 aliphatic heterocycles. The van der Waals surface area contributed by atoms with Gasteiger partial charge in [-0.1, -0.05) is 30.3 Å². The van der Waals surface area contributed by atoms with Gasteiger partial charge in [0.2, 0.25) is 10.0 Å². The zero-order chi connectivity index (χ0) is 26.4. The number of benzene rings is 3. The average molecular weight is 529 g/mol. The number of halogens is 3. The number of aliphatic carboxylic acids is 1. The molecule has 4 aromatic rings. The lowest BCUT2D eigenvalue weighted by molar-refractivity contribution is -0.140. The third-order valence-electron chi connectivity index (χ3n) is 6.61. The number of rotatable bonds is 7. The van der Waals surface area contributed by atoms with E-state index in [0.717, 1.165) is 39.7 Å². The van der Waals surface area contributed by atoms with Crippen LogP contribution in [0.25, 0.3) is 22.0 Å². The van der Waals surface area contributed by atoms with Crippen LogP contribution in [0.15, 0.2) is 71.8 Å². The second-order valence-corrected chi connectivity index (χ2v) is 10.9. The lowest BCUT2D eigenvalue weighted by Crippen LogP contribution is -2.36. The lowest BCUT2D eigenvalue weighted by atomic mass is 10.0. The fourth-order valence-electron chi connectivity index (χ4n) is 4.84. The number of sulfonamides is 1. The Morgan fingerprint density at radius 3 is 2.46 bits per heavy atom. The van der Waals surface area contributed by atoms with Crippen LogP contribution in [-0.4, -0.2) is 30.5 Å². The van der Waals surface area contributed by atoms with E-state index in [1.807, 2.05) is 12.1 Å². The van der Waals surface area contributed by atoms with Gasteiger partial charge in [-0.3, -0.25) is 4.79 Å². The summed E-state index contributed by atoms with van der Waals surface area (Å²) >= 11 is 0. The molecule has 0 amide bonds. The van der Waals surface area contributed by atoms with Crippen LogP contribution in [-0.2, 0) is 40.3 Å². The van der Waals surface area contributed by atoms with Crippen molar-refractivity contribution < 1.29 is 31.5 Å². The molecule has 1 aliphatic carbocycles. The van der Waals surface area contributed by atoms with Crippen LogP contribution in [0, 0.1) is 0 Å². The molecule has 1 aliphatic rings. The molecule has 0 radical (unpaired) electrons. The molecule has 3 aromatic carbocycles. The predicted octanol–water partition coefficient (Wildman–Crippen LogP) is 5.32. The van der Waals surface area contributed by atoms with Crippen LogP contribution < -0.4 is 4.72 Å². The number of aryl methyl sites for hydroxylation is 1. The minimum atomic E-state index is -4.88. The number of hydrogen-bond acceptors (Lipinski definition) is 3. The Hall–Kier alpha value is -3.63. The van der Waals surface area contributed by atoms with Gasteiger partial charge < -0.3 is 10.1 Å². The van der Waals surface area contributed by atoms with Crippen LogP contribution >= 0.6 is 0 Å². The Morgan fingerprint density at radius 2 is 1.70 bits per heavy atom. The molecule has 10 heteroatoms. The molecule has 3 N–H and O–H groups in total. The number of carboxylic acid groups (broad SMARTS) is 1. The maximum atomic E-state index is 14.0. The first-order valence-electron chi connectivity index (χ1n) is 11.6. The molecule has 192 valence electrons. The second kappa shape index (κ2) is 9.35. The minimum absolute atomic E-state index is 0.0237. The third kappa shape index (κ3) is 5.26. The summed E-state index contributed by atoms with van der Waals surface area (Å²) < 4.78 is 70.9. The summed E-state index contributed by atoms with van der Waals surface area (Å²) in [6, 6.07) is 15.1. The number of nitrogens with one attached hydrogen (secondary N) is 2. The number of hydrogen-bond donors (Lipinski definition) is 3. The van der Waals surface area contributed by atoms with Gasteiger partial charge in [0.05, 0.1) is 10.5 Å². The van der Waals surface area contributed by atoms with E-state index in [4.69, 9.17) is 5.11 Å². The molecule has 0 fully saturated rings. The molecule has 1 unspecified atom stereocenters. The van der Waals surface area contributed by atoms with Gasteiger partial charge in [0, 0.05) is 24.2 Å². The average Bonchev–Trinajstić information content (AvgIpc) is 3.46. The maximum absolute atomic E-state index is 14.0. The Morgan fingerprint density at radius 1 is 0.973 bits per heavy atom. The molecule has 1 atom stereocenters. The monoisotopic (exact) mass is 528 g/mol. The number of alkyl halides is 3. The largest absolute Gasteiger partial charge is 0.481 e. The molecule has 0 spiro atoms. The van der Waals surface area contributed by atoms with Crippen molar-refractivity contribution in [3.8, 4) is 11.1 Å². The number of carbonyl (C=O) groups is 1. The standard InChI is InChI=1S/C27H23F3N2O4S/c28-27(29,30)23-15-19(17-4-6-24-20(12-17)9-10-31-24)5-7-25(23)37(35,36)32-22-13-18-3-1-16(2-8-26(33)34)11-21(18)14-22/h1,3-7,9-12,15,22,31-32H,2,8,13-14H2,(H,33,34). The van der Waals surface area contributed by atoms with Crippen molar-refractivity contribution in [1.29, 1.82) is 0 Å². The van der Waals surface area contributed by atoms with E-state index in [9.17, 15) is 26.4 Å². The molecule has 5 rings (SSSR count). The molecule has 0 bridgehead atoms. The van der Waals surface area contributed by atoms with E-state index in [1.165, 1.54) is 6.07 Å². The molecule has 0 saturated heterocycles. The van der Waals surface area contributed by atoms with Gasteiger partial charge in [0.15, 0.2) is 0 Å². The molecule has 6 nitrogen and oxygen atoms in total. The Labute approximate surface area is 211 Å². The normalized spacial score (nSPS) is 15.7. The summed E-state index contributed by atoms with van der Waals surface area (Å²) in [7, 11) is -4.48. The van der Waals surface area contributed by atoms with Gasteiger partial charge in [-0.05, 0) is 82.8 Å². The van der Waals surface area contributed by atoms with Crippen molar-refractivity contribution in [3.63, 3.8) is 0 Å². The van der Waals surface area contributed by atoms with E-state index in [2.05, 4.69) is 9.71 Å². The summed E-state index contributed by atoms with van der Waals surface area (Å²) in [6.45, 7) is 0. The quantitative estimate of drug-likeness (QED) is 0.303. The minimum Gasteiger partial charge on any atom is -0.481 e. The molecular formula is C27H23F3N2O4S. The van der Waals surface area contributed by atoms with E-state index in [0.29, 0.717) is 24.8 Å². The van der Waals surface area contributed by atoms with Gasteiger partial charge in [-0.15, -0.1) is 0 Å². The zero-order valence-corrected chi connectivity index (χ0v) is 20.3. The Kier molecular flexibility index (Phi) is 6.33. The van der Waals surface area contributed by atoms with E-state index in [-0.39, 0.29) is 12.0 Å². The van der Waals surface area contributed by atoms with Gasteiger partial charge >= 0.3 is 12.1 Å². The fraction of sp³-hybridized carbons (Fsp3) is 0.222.